The van der Waals surface area contributed by atoms with Crippen LogP contribution in [0.4, 0.5) is 10.5 Å². The average Bonchev–Trinajstić information content (AvgIpc) is 3.34. The Morgan fingerprint density at radius 3 is 2.22 bits per heavy atom. The first-order valence-electron chi connectivity index (χ1n) is 10.8. The van der Waals surface area contributed by atoms with Crippen LogP contribution in [0.1, 0.15) is 30.0 Å². The molecule has 3 aromatic carbocycles. The first-order chi connectivity index (χ1) is 15.7. The Bertz CT molecular complexity index is 1020. The number of anilines is 1. The number of rotatable bonds is 6. The second-order valence-corrected chi connectivity index (χ2v) is 7.78. The zero-order valence-corrected chi connectivity index (χ0v) is 18.0. The maximum atomic E-state index is 13.3. The molecule has 32 heavy (non-hydrogen) atoms. The number of carbonyl (C=O) groups excluding carboxylic acids is 2. The summed E-state index contributed by atoms with van der Waals surface area (Å²) in [6.07, 6.45) is 1.42. The highest BCUT2D eigenvalue weighted by Gasteiger charge is 2.35. The summed E-state index contributed by atoms with van der Waals surface area (Å²) in [5, 5.41) is 6.07. The standard InChI is InChI=1S/C26H27N3O3/c1-32-22-15-8-14-21(18-22)27-26(31)29-17-9-16-23(29)25(30)28-24(19-10-4-2-5-11-19)20-12-6-3-7-13-20/h2-8,10-15,18,23-24H,9,16-17H2,1H3,(H,27,31)(H,28,30)/t23-/m1/s1. The van der Waals surface area contributed by atoms with Crippen molar-refractivity contribution in [1.82, 2.24) is 10.2 Å². The molecule has 1 aliphatic heterocycles. The van der Waals surface area contributed by atoms with E-state index < -0.39 is 6.04 Å². The van der Waals surface area contributed by atoms with Gasteiger partial charge in [0, 0.05) is 18.3 Å². The summed E-state index contributed by atoms with van der Waals surface area (Å²) >= 11 is 0. The quantitative estimate of drug-likeness (QED) is 0.602. The minimum atomic E-state index is -0.518. The Balaban J connectivity index is 1.50. The molecule has 0 spiro atoms. The van der Waals surface area contributed by atoms with Gasteiger partial charge >= 0.3 is 6.03 Å². The number of hydrogen-bond donors (Lipinski definition) is 2. The molecular weight excluding hydrogens is 402 g/mol. The highest BCUT2D eigenvalue weighted by atomic mass is 16.5. The van der Waals surface area contributed by atoms with Crippen LogP contribution >= 0.6 is 0 Å². The number of methoxy groups -OCH3 is 1. The van der Waals surface area contributed by atoms with E-state index in [2.05, 4.69) is 10.6 Å². The van der Waals surface area contributed by atoms with Crippen molar-refractivity contribution in [1.29, 1.82) is 0 Å². The second-order valence-electron chi connectivity index (χ2n) is 7.78. The van der Waals surface area contributed by atoms with Crippen molar-refractivity contribution in [2.24, 2.45) is 0 Å². The lowest BCUT2D eigenvalue weighted by Crippen LogP contribution is -2.48. The fourth-order valence-corrected chi connectivity index (χ4v) is 4.07. The number of ether oxygens (including phenoxy) is 1. The number of hydrogen-bond acceptors (Lipinski definition) is 3. The highest BCUT2D eigenvalue weighted by molar-refractivity contribution is 5.94. The summed E-state index contributed by atoms with van der Waals surface area (Å²) in [5.74, 6) is 0.507. The molecule has 3 aromatic rings. The smallest absolute Gasteiger partial charge is 0.322 e. The molecule has 164 valence electrons. The van der Waals surface area contributed by atoms with Gasteiger partial charge in [0.2, 0.25) is 5.91 Å². The van der Waals surface area contributed by atoms with Crippen LogP contribution in [0, 0.1) is 0 Å². The van der Waals surface area contributed by atoms with Crippen LogP contribution < -0.4 is 15.4 Å². The summed E-state index contributed by atoms with van der Waals surface area (Å²) in [5.41, 5.74) is 2.63. The Kier molecular flexibility index (Phi) is 6.70. The van der Waals surface area contributed by atoms with Gasteiger partial charge in [0.1, 0.15) is 11.8 Å². The first kappa shape index (κ1) is 21.4. The summed E-state index contributed by atoms with van der Waals surface area (Å²) in [6, 6.07) is 25.8. The lowest BCUT2D eigenvalue weighted by Gasteiger charge is -2.27. The summed E-state index contributed by atoms with van der Waals surface area (Å²) in [4.78, 5) is 27.9. The van der Waals surface area contributed by atoms with Crippen LogP contribution in [0.15, 0.2) is 84.9 Å². The van der Waals surface area contributed by atoms with E-state index in [9.17, 15) is 9.59 Å². The van der Waals surface area contributed by atoms with Gasteiger partial charge in [-0.05, 0) is 36.1 Å². The van der Waals surface area contributed by atoms with E-state index in [0.717, 1.165) is 17.5 Å². The third-order valence-corrected chi connectivity index (χ3v) is 5.69. The van der Waals surface area contributed by atoms with Gasteiger partial charge < -0.3 is 20.3 Å². The minimum Gasteiger partial charge on any atom is -0.497 e. The van der Waals surface area contributed by atoms with Crippen molar-refractivity contribution in [3.8, 4) is 5.75 Å². The highest BCUT2D eigenvalue weighted by Crippen LogP contribution is 2.25. The fourth-order valence-electron chi connectivity index (χ4n) is 4.07. The average molecular weight is 430 g/mol. The normalized spacial score (nSPS) is 15.4. The van der Waals surface area contributed by atoms with Gasteiger partial charge in [0.15, 0.2) is 0 Å². The third kappa shape index (κ3) is 4.91. The molecule has 0 radical (unpaired) electrons. The van der Waals surface area contributed by atoms with Gasteiger partial charge in [-0.3, -0.25) is 4.79 Å². The van der Waals surface area contributed by atoms with Crippen LogP contribution in [0.2, 0.25) is 0 Å². The molecule has 1 heterocycles. The predicted molar refractivity (Wildman–Crippen MR) is 125 cm³/mol. The van der Waals surface area contributed by atoms with Gasteiger partial charge in [0.05, 0.1) is 13.2 Å². The number of nitrogens with zero attached hydrogens (tertiary/aromatic N) is 1. The number of carbonyl (C=O) groups is 2. The van der Waals surface area contributed by atoms with Crippen molar-refractivity contribution in [2.45, 2.75) is 24.9 Å². The van der Waals surface area contributed by atoms with E-state index in [1.165, 1.54) is 0 Å². The van der Waals surface area contributed by atoms with E-state index in [1.54, 1.807) is 24.1 Å². The predicted octanol–water partition coefficient (Wildman–Crippen LogP) is 4.60. The molecule has 0 saturated carbocycles. The Labute approximate surface area is 188 Å². The molecule has 1 atom stereocenters. The monoisotopic (exact) mass is 429 g/mol. The van der Waals surface area contributed by atoms with Crippen molar-refractivity contribution in [3.05, 3.63) is 96.1 Å². The summed E-state index contributed by atoms with van der Waals surface area (Å²) in [6.45, 7) is 0.537. The Morgan fingerprint density at radius 2 is 1.59 bits per heavy atom. The molecule has 1 saturated heterocycles. The molecule has 4 rings (SSSR count). The minimum absolute atomic E-state index is 0.152. The van der Waals surface area contributed by atoms with Crippen LogP contribution in [0.5, 0.6) is 5.75 Å². The molecule has 0 unspecified atom stereocenters. The zero-order valence-electron chi connectivity index (χ0n) is 18.0. The maximum absolute atomic E-state index is 13.3. The maximum Gasteiger partial charge on any atom is 0.322 e. The first-order valence-corrected chi connectivity index (χ1v) is 10.8. The van der Waals surface area contributed by atoms with Crippen molar-refractivity contribution >= 4 is 17.6 Å². The summed E-state index contributed by atoms with van der Waals surface area (Å²) in [7, 11) is 1.58. The van der Waals surface area contributed by atoms with E-state index in [4.69, 9.17) is 4.74 Å². The Hall–Kier alpha value is -3.80. The molecule has 0 aliphatic carbocycles. The topological polar surface area (TPSA) is 70.7 Å². The number of nitrogens with one attached hydrogen (secondary N) is 2. The van der Waals surface area contributed by atoms with Gasteiger partial charge in [0.25, 0.3) is 0 Å². The zero-order chi connectivity index (χ0) is 22.3. The summed E-state index contributed by atoms with van der Waals surface area (Å²) < 4.78 is 5.22. The van der Waals surface area contributed by atoms with Gasteiger partial charge in [-0.25, -0.2) is 4.79 Å². The molecular formula is C26H27N3O3. The van der Waals surface area contributed by atoms with Gasteiger partial charge in [-0.2, -0.15) is 0 Å². The molecule has 0 bridgehead atoms. The SMILES string of the molecule is COc1cccc(NC(=O)N2CCC[C@@H]2C(=O)NC(c2ccccc2)c2ccccc2)c1. The van der Waals surface area contributed by atoms with Crippen LogP contribution in [0.25, 0.3) is 0 Å². The lowest BCUT2D eigenvalue weighted by atomic mass is 9.98. The van der Waals surface area contributed by atoms with E-state index in [-0.39, 0.29) is 18.0 Å². The largest absolute Gasteiger partial charge is 0.497 e. The number of benzene rings is 3. The fraction of sp³-hybridized carbons (Fsp3) is 0.231. The number of likely N-dealkylation sites (tertiary alicyclic amines) is 1. The van der Waals surface area contributed by atoms with Crippen LogP contribution in [0.3, 0.4) is 0 Å². The van der Waals surface area contributed by atoms with Gasteiger partial charge in [-0.1, -0.05) is 66.7 Å². The van der Waals surface area contributed by atoms with Crippen molar-refractivity contribution in [3.63, 3.8) is 0 Å². The second kappa shape index (κ2) is 10.0. The van der Waals surface area contributed by atoms with Crippen molar-refractivity contribution < 1.29 is 14.3 Å². The number of urea groups is 1. The van der Waals surface area contributed by atoms with E-state index in [1.807, 2.05) is 72.8 Å². The Morgan fingerprint density at radius 1 is 0.938 bits per heavy atom. The molecule has 0 aromatic heterocycles. The van der Waals surface area contributed by atoms with E-state index >= 15 is 0 Å². The molecule has 6 heteroatoms. The van der Waals surface area contributed by atoms with E-state index in [0.29, 0.717) is 24.4 Å². The molecule has 6 nitrogen and oxygen atoms in total. The molecule has 1 aliphatic rings. The van der Waals surface area contributed by atoms with Crippen LogP contribution in [-0.2, 0) is 4.79 Å². The van der Waals surface area contributed by atoms with Gasteiger partial charge in [-0.15, -0.1) is 0 Å². The lowest BCUT2D eigenvalue weighted by molar-refractivity contribution is -0.125. The van der Waals surface area contributed by atoms with Crippen molar-refractivity contribution in [2.75, 3.05) is 19.0 Å². The molecule has 1 fully saturated rings. The van der Waals surface area contributed by atoms with Crippen LogP contribution in [-0.4, -0.2) is 36.5 Å². The molecule has 3 amide bonds. The third-order valence-electron chi connectivity index (χ3n) is 5.69. The number of amides is 3. The molecule has 2 N–H and O–H groups in total.